The Morgan fingerprint density at radius 1 is 1.00 bits per heavy atom. The SMILES string of the molecule is O=C(Nc1ccccc1-c1cn2c(n1)CCCC2)C1(c2ccccc2)CCOCC1. The number of hydrogen-bond donors (Lipinski definition) is 1. The van der Waals surface area contributed by atoms with Crippen LogP contribution < -0.4 is 5.32 Å². The summed E-state index contributed by atoms with van der Waals surface area (Å²) in [6, 6.07) is 18.1. The summed E-state index contributed by atoms with van der Waals surface area (Å²) in [6.07, 6.45) is 6.90. The van der Waals surface area contributed by atoms with Crippen LogP contribution in [0, 0.1) is 0 Å². The number of aryl methyl sites for hydroxylation is 2. The zero-order chi connectivity index (χ0) is 20.4. The number of benzene rings is 2. The maximum absolute atomic E-state index is 13.7. The van der Waals surface area contributed by atoms with E-state index in [1.165, 1.54) is 12.8 Å². The summed E-state index contributed by atoms with van der Waals surface area (Å²) in [7, 11) is 0. The largest absolute Gasteiger partial charge is 0.381 e. The number of hydrogen-bond acceptors (Lipinski definition) is 3. The highest BCUT2D eigenvalue weighted by Gasteiger charge is 2.41. The minimum Gasteiger partial charge on any atom is -0.381 e. The van der Waals surface area contributed by atoms with E-state index in [-0.39, 0.29) is 5.91 Å². The van der Waals surface area contributed by atoms with Gasteiger partial charge in [-0.2, -0.15) is 0 Å². The number of aromatic nitrogens is 2. The molecule has 0 radical (unpaired) electrons. The Labute approximate surface area is 177 Å². The minimum atomic E-state index is -0.569. The molecule has 5 nitrogen and oxygen atoms in total. The average Bonchev–Trinajstić information content (AvgIpc) is 3.24. The Morgan fingerprint density at radius 3 is 2.57 bits per heavy atom. The van der Waals surface area contributed by atoms with Gasteiger partial charge in [-0.15, -0.1) is 0 Å². The lowest BCUT2D eigenvalue weighted by molar-refractivity contribution is -0.125. The van der Waals surface area contributed by atoms with Crippen molar-refractivity contribution in [3.8, 4) is 11.3 Å². The lowest BCUT2D eigenvalue weighted by atomic mass is 9.73. The van der Waals surface area contributed by atoms with Crippen LogP contribution in [0.15, 0.2) is 60.8 Å². The van der Waals surface area contributed by atoms with E-state index in [4.69, 9.17) is 9.72 Å². The first-order chi connectivity index (χ1) is 14.8. The molecular weight excluding hydrogens is 374 g/mol. The van der Waals surface area contributed by atoms with Gasteiger partial charge in [0.2, 0.25) is 5.91 Å². The fourth-order valence-electron chi connectivity index (χ4n) is 4.72. The zero-order valence-corrected chi connectivity index (χ0v) is 17.1. The smallest absolute Gasteiger partial charge is 0.235 e. The second kappa shape index (κ2) is 8.07. The number of nitrogens with one attached hydrogen (secondary N) is 1. The highest BCUT2D eigenvalue weighted by atomic mass is 16.5. The first-order valence-corrected chi connectivity index (χ1v) is 10.9. The molecule has 2 aliphatic heterocycles. The van der Waals surface area contributed by atoms with Crippen molar-refractivity contribution in [1.82, 2.24) is 9.55 Å². The molecule has 0 aliphatic carbocycles. The number of carbonyl (C=O) groups excluding carboxylic acids is 1. The van der Waals surface area contributed by atoms with Crippen molar-refractivity contribution >= 4 is 11.6 Å². The van der Waals surface area contributed by atoms with Gasteiger partial charge in [0, 0.05) is 37.9 Å². The van der Waals surface area contributed by atoms with Crippen molar-refractivity contribution in [2.45, 2.75) is 44.1 Å². The molecule has 5 rings (SSSR count). The normalized spacial score (nSPS) is 17.9. The quantitative estimate of drug-likeness (QED) is 0.697. The van der Waals surface area contributed by atoms with Gasteiger partial charge in [0.05, 0.1) is 16.8 Å². The van der Waals surface area contributed by atoms with Gasteiger partial charge >= 0.3 is 0 Å². The molecule has 2 aliphatic rings. The molecule has 2 aromatic carbocycles. The third-order valence-electron chi connectivity index (χ3n) is 6.47. The first-order valence-electron chi connectivity index (χ1n) is 10.9. The topological polar surface area (TPSA) is 56.2 Å². The number of para-hydroxylation sites is 1. The third kappa shape index (κ3) is 3.43. The molecule has 1 fully saturated rings. The average molecular weight is 402 g/mol. The van der Waals surface area contributed by atoms with Gasteiger partial charge in [-0.05, 0) is 37.3 Å². The molecule has 0 saturated carbocycles. The van der Waals surface area contributed by atoms with Crippen molar-refractivity contribution in [3.05, 3.63) is 72.2 Å². The van der Waals surface area contributed by atoms with E-state index >= 15 is 0 Å². The molecule has 0 unspecified atom stereocenters. The molecule has 0 bridgehead atoms. The number of carbonyl (C=O) groups is 1. The second-order valence-electron chi connectivity index (χ2n) is 8.25. The van der Waals surface area contributed by atoms with Crippen molar-refractivity contribution in [2.24, 2.45) is 0 Å². The molecule has 154 valence electrons. The number of imidazole rings is 1. The third-order valence-corrected chi connectivity index (χ3v) is 6.47. The lowest BCUT2D eigenvalue weighted by Gasteiger charge is -2.36. The van der Waals surface area contributed by atoms with E-state index in [2.05, 4.69) is 28.2 Å². The van der Waals surface area contributed by atoms with E-state index < -0.39 is 5.41 Å². The van der Waals surface area contributed by atoms with E-state index in [0.717, 1.165) is 41.3 Å². The van der Waals surface area contributed by atoms with E-state index in [0.29, 0.717) is 26.1 Å². The van der Waals surface area contributed by atoms with Crippen LogP contribution in [0.3, 0.4) is 0 Å². The Kier molecular flexibility index (Phi) is 5.13. The Bertz CT molecular complexity index is 1010. The molecule has 30 heavy (non-hydrogen) atoms. The molecular formula is C25H27N3O2. The molecule has 0 spiro atoms. The van der Waals surface area contributed by atoms with Crippen LogP contribution in [0.2, 0.25) is 0 Å². The predicted molar refractivity (Wildman–Crippen MR) is 117 cm³/mol. The van der Waals surface area contributed by atoms with Crippen LogP contribution in [-0.4, -0.2) is 28.7 Å². The molecule has 1 aromatic heterocycles. The molecule has 1 saturated heterocycles. The summed E-state index contributed by atoms with van der Waals surface area (Å²) in [5, 5.41) is 3.25. The molecule has 1 N–H and O–H groups in total. The number of ether oxygens (including phenoxy) is 1. The van der Waals surface area contributed by atoms with Crippen LogP contribution in [0.25, 0.3) is 11.3 Å². The highest BCUT2D eigenvalue weighted by molar-refractivity contribution is 6.01. The van der Waals surface area contributed by atoms with Gasteiger partial charge in [0.15, 0.2) is 0 Å². The number of rotatable bonds is 4. The second-order valence-corrected chi connectivity index (χ2v) is 8.25. The number of amides is 1. The Morgan fingerprint density at radius 2 is 1.77 bits per heavy atom. The van der Waals surface area contributed by atoms with Gasteiger partial charge < -0.3 is 14.6 Å². The predicted octanol–water partition coefficient (Wildman–Crippen LogP) is 4.57. The van der Waals surface area contributed by atoms with Crippen molar-refractivity contribution in [2.75, 3.05) is 18.5 Å². The summed E-state index contributed by atoms with van der Waals surface area (Å²) in [4.78, 5) is 18.5. The molecule has 0 atom stereocenters. The van der Waals surface area contributed by atoms with Crippen LogP contribution in [-0.2, 0) is 27.9 Å². The standard InChI is InChI=1S/C25H27N3O2/c29-24(25(13-16-30-17-14-25)19-8-2-1-3-9-19)27-21-11-5-4-10-20(21)22-18-28-15-7-6-12-23(28)26-22/h1-5,8-11,18H,6-7,12-17H2,(H,27,29). The number of anilines is 1. The maximum atomic E-state index is 13.7. The first kappa shape index (κ1) is 19.1. The number of fused-ring (bicyclic) bond motifs is 1. The van der Waals surface area contributed by atoms with Gasteiger partial charge in [-0.25, -0.2) is 4.98 Å². The summed E-state index contributed by atoms with van der Waals surface area (Å²) in [5.74, 6) is 1.18. The Balaban J connectivity index is 1.48. The minimum absolute atomic E-state index is 0.0356. The van der Waals surface area contributed by atoms with Crippen molar-refractivity contribution in [1.29, 1.82) is 0 Å². The van der Waals surface area contributed by atoms with E-state index in [9.17, 15) is 4.79 Å². The summed E-state index contributed by atoms with van der Waals surface area (Å²) in [6.45, 7) is 2.21. The summed E-state index contributed by atoms with van der Waals surface area (Å²) >= 11 is 0. The van der Waals surface area contributed by atoms with Gasteiger partial charge in [-0.1, -0.05) is 48.5 Å². The maximum Gasteiger partial charge on any atom is 0.235 e. The summed E-state index contributed by atoms with van der Waals surface area (Å²) in [5.41, 5.74) is 3.21. The van der Waals surface area contributed by atoms with Gasteiger partial charge in [0.1, 0.15) is 5.82 Å². The zero-order valence-electron chi connectivity index (χ0n) is 17.1. The fourth-order valence-corrected chi connectivity index (χ4v) is 4.72. The monoisotopic (exact) mass is 401 g/mol. The number of nitrogens with zero attached hydrogens (tertiary/aromatic N) is 2. The fraction of sp³-hybridized carbons (Fsp3) is 0.360. The van der Waals surface area contributed by atoms with Crippen molar-refractivity contribution < 1.29 is 9.53 Å². The molecule has 3 aromatic rings. The Hall–Kier alpha value is -2.92. The lowest BCUT2D eigenvalue weighted by Crippen LogP contribution is -2.44. The van der Waals surface area contributed by atoms with Crippen LogP contribution in [0.1, 0.15) is 37.1 Å². The van der Waals surface area contributed by atoms with E-state index in [1.54, 1.807) is 0 Å². The molecule has 5 heteroatoms. The molecule has 1 amide bonds. The van der Waals surface area contributed by atoms with Gasteiger partial charge in [-0.3, -0.25) is 4.79 Å². The van der Waals surface area contributed by atoms with Gasteiger partial charge in [0.25, 0.3) is 0 Å². The molecule has 3 heterocycles. The van der Waals surface area contributed by atoms with Crippen LogP contribution in [0.5, 0.6) is 0 Å². The highest BCUT2D eigenvalue weighted by Crippen LogP contribution is 2.37. The van der Waals surface area contributed by atoms with E-state index in [1.807, 2.05) is 42.5 Å². The summed E-state index contributed by atoms with van der Waals surface area (Å²) < 4.78 is 7.84. The van der Waals surface area contributed by atoms with Crippen LogP contribution >= 0.6 is 0 Å². The van der Waals surface area contributed by atoms with Crippen molar-refractivity contribution in [3.63, 3.8) is 0 Å². The van der Waals surface area contributed by atoms with Crippen LogP contribution in [0.4, 0.5) is 5.69 Å².